The Morgan fingerprint density at radius 1 is 0.765 bits per heavy atom. The van der Waals surface area contributed by atoms with E-state index in [0.717, 1.165) is 22.3 Å². The molecule has 1 N–H and O–H groups in total. The zero-order chi connectivity index (χ0) is 11.5. The molecule has 0 aliphatic heterocycles. The molecular formula is C14H11N3. The van der Waals surface area contributed by atoms with Crippen LogP contribution in [0.5, 0.6) is 0 Å². The minimum atomic E-state index is 0.862. The molecule has 1 aromatic heterocycles. The largest absolute Gasteiger partial charge is 0.361 e. The minimum absolute atomic E-state index is 0.862. The molecule has 0 atom stereocenters. The van der Waals surface area contributed by atoms with E-state index in [1.807, 2.05) is 60.8 Å². The third-order valence-electron chi connectivity index (χ3n) is 2.57. The highest BCUT2D eigenvalue weighted by molar-refractivity contribution is 5.82. The van der Waals surface area contributed by atoms with Crippen LogP contribution in [0.3, 0.4) is 0 Å². The van der Waals surface area contributed by atoms with Crippen LogP contribution in [-0.4, -0.2) is 4.98 Å². The lowest BCUT2D eigenvalue weighted by Crippen LogP contribution is -1.67. The van der Waals surface area contributed by atoms with Crippen molar-refractivity contribution in [2.75, 3.05) is 0 Å². The normalized spacial score (nSPS) is 11.3. The lowest BCUT2D eigenvalue weighted by molar-refractivity contribution is 1.23. The third-order valence-corrected chi connectivity index (χ3v) is 2.57. The molecule has 1 heterocycles. The van der Waals surface area contributed by atoms with Crippen molar-refractivity contribution in [1.29, 1.82) is 0 Å². The third kappa shape index (κ3) is 2.08. The Labute approximate surface area is 98.8 Å². The molecular weight excluding hydrogens is 210 g/mol. The van der Waals surface area contributed by atoms with Gasteiger partial charge in [-0.3, -0.25) is 0 Å². The molecule has 0 aliphatic rings. The molecule has 0 bridgehead atoms. The highest BCUT2D eigenvalue weighted by Gasteiger charge is 1.95. The number of rotatable bonds is 2. The molecule has 3 aromatic rings. The summed E-state index contributed by atoms with van der Waals surface area (Å²) in [5.41, 5.74) is 2.84. The molecule has 0 radical (unpaired) electrons. The fourth-order valence-electron chi connectivity index (χ4n) is 1.71. The van der Waals surface area contributed by atoms with Crippen molar-refractivity contribution in [3.05, 3.63) is 60.8 Å². The fraction of sp³-hybridized carbons (Fsp3) is 0. The maximum Gasteiger partial charge on any atom is 0.0864 e. The number of aromatic amines is 1. The van der Waals surface area contributed by atoms with Crippen molar-refractivity contribution in [1.82, 2.24) is 4.98 Å². The molecule has 3 rings (SSSR count). The summed E-state index contributed by atoms with van der Waals surface area (Å²) in [5, 5.41) is 9.55. The van der Waals surface area contributed by atoms with Gasteiger partial charge in [-0.05, 0) is 36.4 Å². The average Bonchev–Trinajstić information content (AvgIpc) is 2.85. The Morgan fingerprint density at radius 3 is 2.47 bits per heavy atom. The van der Waals surface area contributed by atoms with E-state index in [1.165, 1.54) is 0 Å². The Kier molecular flexibility index (Phi) is 2.43. The smallest absolute Gasteiger partial charge is 0.0864 e. The first-order valence-electron chi connectivity index (χ1n) is 5.46. The molecule has 3 nitrogen and oxygen atoms in total. The molecule has 0 saturated heterocycles. The molecule has 0 spiro atoms. The first kappa shape index (κ1) is 9.78. The fourth-order valence-corrected chi connectivity index (χ4v) is 1.71. The zero-order valence-electron chi connectivity index (χ0n) is 9.17. The summed E-state index contributed by atoms with van der Waals surface area (Å²) >= 11 is 0. The first-order chi connectivity index (χ1) is 8.42. The van der Waals surface area contributed by atoms with Crippen molar-refractivity contribution in [2.45, 2.75) is 0 Å². The van der Waals surface area contributed by atoms with Crippen LogP contribution in [0.1, 0.15) is 0 Å². The van der Waals surface area contributed by atoms with Crippen LogP contribution in [0.4, 0.5) is 11.4 Å². The second-order valence-electron chi connectivity index (χ2n) is 3.78. The summed E-state index contributed by atoms with van der Waals surface area (Å²) in [5.74, 6) is 0. The maximum absolute atomic E-state index is 4.22. The Bertz CT molecular complexity index is 653. The van der Waals surface area contributed by atoms with Crippen LogP contribution in [0.25, 0.3) is 10.9 Å². The summed E-state index contributed by atoms with van der Waals surface area (Å²) in [6.45, 7) is 0. The minimum Gasteiger partial charge on any atom is -0.361 e. The number of hydrogen-bond acceptors (Lipinski definition) is 2. The van der Waals surface area contributed by atoms with Gasteiger partial charge in [0.05, 0.1) is 11.4 Å². The molecule has 2 aromatic carbocycles. The molecule has 82 valence electrons. The van der Waals surface area contributed by atoms with Gasteiger partial charge in [0.25, 0.3) is 0 Å². The van der Waals surface area contributed by atoms with E-state index in [4.69, 9.17) is 0 Å². The van der Waals surface area contributed by atoms with Gasteiger partial charge in [-0.15, -0.1) is 0 Å². The Balaban J connectivity index is 1.92. The van der Waals surface area contributed by atoms with E-state index in [1.54, 1.807) is 0 Å². The van der Waals surface area contributed by atoms with Crippen molar-refractivity contribution < 1.29 is 0 Å². The van der Waals surface area contributed by atoms with Gasteiger partial charge >= 0.3 is 0 Å². The van der Waals surface area contributed by atoms with Crippen molar-refractivity contribution in [3.63, 3.8) is 0 Å². The van der Waals surface area contributed by atoms with Gasteiger partial charge in [0.2, 0.25) is 0 Å². The molecule has 17 heavy (non-hydrogen) atoms. The van der Waals surface area contributed by atoms with Gasteiger partial charge in [0.1, 0.15) is 0 Å². The molecule has 3 heteroatoms. The monoisotopic (exact) mass is 221 g/mol. The van der Waals surface area contributed by atoms with Crippen molar-refractivity contribution in [2.24, 2.45) is 10.2 Å². The van der Waals surface area contributed by atoms with Gasteiger partial charge in [-0.1, -0.05) is 18.2 Å². The number of nitrogens with zero attached hydrogens (tertiary/aromatic N) is 2. The van der Waals surface area contributed by atoms with Crippen LogP contribution in [-0.2, 0) is 0 Å². The van der Waals surface area contributed by atoms with Gasteiger partial charge in [-0.2, -0.15) is 10.2 Å². The van der Waals surface area contributed by atoms with E-state index in [-0.39, 0.29) is 0 Å². The second-order valence-corrected chi connectivity index (χ2v) is 3.78. The predicted octanol–water partition coefficient (Wildman–Crippen LogP) is 4.58. The zero-order valence-corrected chi connectivity index (χ0v) is 9.17. The van der Waals surface area contributed by atoms with E-state index < -0.39 is 0 Å². The first-order valence-corrected chi connectivity index (χ1v) is 5.46. The summed E-state index contributed by atoms with van der Waals surface area (Å²) < 4.78 is 0. The van der Waals surface area contributed by atoms with E-state index in [0.29, 0.717) is 0 Å². The number of nitrogens with one attached hydrogen (secondary N) is 1. The average molecular weight is 221 g/mol. The Morgan fingerprint density at radius 2 is 1.59 bits per heavy atom. The molecule has 0 amide bonds. The molecule has 0 fully saturated rings. The number of azo groups is 1. The topological polar surface area (TPSA) is 40.5 Å². The standard InChI is InChI=1S/C14H11N3/c1-2-4-12(5-3-1)16-17-13-6-7-14-11(10-13)8-9-15-14/h1-10,15H/b17-16+. The van der Waals surface area contributed by atoms with Gasteiger partial charge < -0.3 is 4.98 Å². The van der Waals surface area contributed by atoms with Crippen LogP contribution >= 0.6 is 0 Å². The van der Waals surface area contributed by atoms with E-state index >= 15 is 0 Å². The quantitative estimate of drug-likeness (QED) is 0.615. The summed E-state index contributed by atoms with van der Waals surface area (Å²) in [6.07, 6.45) is 1.92. The van der Waals surface area contributed by atoms with Crippen LogP contribution in [0, 0.1) is 0 Å². The van der Waals surface area contributed by atoms with Gasteiger partial charge in [0, 0.05) is 17.1 Å². The second kappa shape index (κ2) is 4.22. The summed E-state index contributed by atoms with van der Waals surface area (Å²) in [7, 11) is 0. The van der Waals surface area contributed by atoms with Crippen molar-refractivity contribution in [3.8, 4) is 0 Å². The predicted molar refractivity (Wildman–Crippen MR) is 68.9 cm³/mol. The number of aromatic nitrogens is 1. The number of hydrogen-bond donors (Lipinski definition) is 1. The van der Waals surface area contributed by atoms with Crippen LogP contribution in [0.2, 0.25) is 0 Å². The molecule has 0 saturated carbocycles. The van der Waals surface area contributed by atoms with Crippen LogP contribution in [0.15, 0.2) is 71.0 Å². The number of H-pyrrole nitrogens is 1. The molecule has 0 unspecified atom stereocenters. The van der Waals surface area contributed by atoms with E-state index in [9.17, 15) is 0 Å². The van der Waals surface area contributed by atoms with Crippen LogP contribution < -0.4 is 0 Å². The highest BCUT2D eigenvalue weighted by atomic mass is 15.1. The SMILES string of the molecule is c1ccc(/N=N/c2ccc3[nH]ccc3c2)cc1. The highest BCUT2D eigenvalue weighted by Crippen LogP contribution is 2.22. The summed E-state index contributed by atoms with van der Waals surface area (Å²) in [4.78, 5) is 3.15. The Hall–Kier alpha value is -2.42. The van der Waals surface area contributed by atoms with E-state index in [2.05, 4.69) is 15.2 Å². The van der Waals surface area contributed by atoms with Crippen molar-refractivity contribution >= 4 is 22.3 Å². The maximum atomic E-state index is 4.22. The lowest BCUT2D eigenvalue weighted by Gasteiger charge is -1.94. The number of fused-ring (bicyclic) bond motifs is 1. The lowest BCUT2D eigenvalue weighted by atomic mass is 10.2. The number of benzene rings is 2. The molecule has 0 aliphatic carbocycles. The van der Waals surface area contributed by atoms with Gasteiger partial charge in [-0.25, -0.2) is 0 Å². The summed E-state index contributed by atoms with van der Waals surface area (Å²) in [6, 6.07) is 17.7. The van der Waals surface area contributed by atoms with Gasteiger partial charge in [0.15, 0.2) is 0 Å².